The fourth-order valence-electron chi connectivity index (χ4n) is 4.26. The van der Waals surface area contributed by atoms with Gasteiger partial charge in [-0.3, -0.25) is 4.98 Å². The highest BCUT2D eigenvalue weighted by Gasteiger charge is 2.35. The number of nitrogens with zero attached hydrogens (tertiary/aromatic N) is 6. The second kappa shape index (κ2) is 9.70. The van der Waals surface area contributed by atoms with Crippen LogP contribution in [0.4, 0.5) is 5.69 Å². The number of sulfonamides is 1. The van der Waals surface area contributed by atoms with Crippen LogP contribution in [0.25, 0.3) is 0 Å². The predicted molar refractivity (Wildman–Crippen MR) is 126 cm³/mol. The lowest BCUT2D eigenvalue weighted by Gasteiger charge is -2.32. The third-order valence-corrected chi connectivity index (χ3v) is 7.80. The molecular weight excluding hydrogens is 438 g/mol. The molecule has 2 N–H and O–H groups in total. The van der Waals surface area contributed by atoms with Crippen LogP contribution in [0.2, 0.25) is 0 Å². The van der Waals surface area contributed by atoms with E-state index < -0.39 is 10.0 Å². The van der Waals surface area contributed by atoms with E-state index in [0.29, 0.717) is 25.1 Å². The Morgan fingerprint density at radius 1 is 1.24 bits per heavy atom. The average molecular weight is 466 g/mol. The number of anilines is 1. The number of imidazole rings is 1. The summed E-state index contributed by atoms with van der Waals surface area (Å²) >= 11 is 0. The highest BCUT2D eigenvalue weighted by atomic mass is 32.2. The number of benzene rings is 1. The van der Waals surface area contributed by atoms with Crippen LogP contribution in [0.1, 0.15) is 22.4 Å². The molecule has 10 heteroatoms. The Kier molecular flexibility index (Phi) is 6.74. The summed E-state index contributed by atoms with van der Waals surface area (Å²) in [7, 11) is -1.69. The lowest BCUT2D eigenvalue weighted by Crippen LogP contribution is -2.47. The second-order valence-electron chi connectivity index (χ2n) is 8.20. The van der Waals surface area contributed by atoms with Crippen LogP contribution < -0.4 is 10.6 Å². The van der Waals surface area contributed by atoms with Crippen molar-refractivity contribution in [1.82, 2.24) is 18.8 Å². The summed E-state index contributed by atoms with van der Waals surface area (Å²) in [5.41, 5.74) is 9.82. The molecule has 33 heavy (non-hydrogen) atoms. The van der Waals surface area contributed by atoms with Gasteiger partial charge in [-0.15, -0.1) is 0 Å². The first-order valence-electron chi connectivity index (χ1n) is 10.7. The number of rotatable bonds is 7. The van der Waals surface area contributed by atoms with E-state index in [1.165, 1.54) is 0 Å². The molecule has 3 aromatic rings. The smallest absolute Gasteiger partial charge is 0.215 e. The van der Waals surface area contributed by atoms with Gasteiger partial charge in [0.05, 0.1) is 36.0 Å². The minimum Gasteiger partial charge on any atom is -0.364 e. The van der Waals surface area contributed by atoms with Gasteiger partial charge in [-0.1, -0.05) is 6.07 Å². The first kappa shape index (κ1) is 22.9. The number of fused-ring (bicyclic) bond motifs is 1. The minimum absolute atomic E-state index is 0.0439. The van der Waals surface area contributed by atoms with Crippen LogP contribution in [-0.4, -0.2) is 52.1 Å². The number of nitrogens with two attached hydrogens (primary N) is 1. The second-order valence-corrected chi connectivity index (χ2v) is 10.2. The quantitative estimate of drug-likeness (QED) is 0.560. The molecule has 0 fully saturated rings. The molecule has 0 radical (unpaired) electrons. The highest BCUT2D eigenvalue weighted by molar-refractivity contribution is 7.89. The maximum Gasteiger partial charge on any atom is 0.215 e. The molecule has 1 aliphatic heterocycles. The number of nitriles is 1. The van der Waals surface area contributed by atoms with E-state index >= 15 is 0 Å². The fraction of sp³-hybridized carbons (Fsp3) is 0.348. The standard InChI is InChI=1S/C23H27N7O2S/c1-28-17-27-13-22(28)16-29-15-21(10-19-3-2-7-26-12-19)30(33(31,32)8-6-24)14-20-9-18(11-25)4-5-23(20)29/h2-5,7,9,12-13,17,21H,6,8,10,14-16,24H2,1H3/t21-/m1/s1. The Morgan fingerprint density at radius 3 is 2.76 bits per heavy atom. The molecule has 0 unspecified atom stereocenters. The third kappa shape index (κ3) is 5.06. The molecule has 1 aromatic carbocycles. The molecule has 2 aromatic heterocycles. The molecule has 1 aliphatic rings. The zero-order valence-corrected chi connectivity index (χ0v) is 19.3. The van der Waals surface area contributed by atoms with Crippen molar-refractivity contribution in [3.63, 3.8) is 0 Å². The Morgan fingerprint density at radius 2 is 2.09 bits per heavy atom. The summed E-state index contributed by atoms with van der Waals surface area (Å²) < 4.78 is 30.1. The Hall–Kier alpha value is -3.26. The molecule has 0 spiro atoms. The van der Waals surface area contributed by atoms with E-state index in [-0.39, 0.29) is 24.9 Å². The van der Waals surface area contributed by atoms with Crippen LogP contribution in [0.3, 0.4) is 0 Å². The van der Waals surface area contributed by atoms with Crippen molar-refractivity contribution >= 4 is 15.7 Å². The van der Waals surface area contributed by atoms with Crippen molar-refractivity contribution in [3.8, 4) is 6.07 Å². The summed E-state index contributed by atoms with van der Waals surface area (Å²) in [6.45, 7) is 1.26. The normalized spacial score (nSPS) is 16.8. The monoisotopic (exact) mass is 465 g/mol. The fourth-order valence-corrected chi connectivity index (χ4v) is 5.73. The van der Waals surface area contributed by atoms with Gasteiger partial charge in [0.15, 0.2) is 0 Å². The summed E-state index contributed by atoms with van der Waals surface area (Å²) in [6.07, 6.45) is 7.54. The first-order chi connectivity index (χ1) is 15.9. The third-order valence-electron chi connectivity index (χ3n) is 5.91. The lowest BCUT2D eigenvalue weighted by molar-refractivity contribution is 0.318. The van der Waals surface area contributed by atoms with Gasteiger partial charge in [-0.05, 0) is 41.8 Å². The van der Waals surface area contributed by atoms with Gasteiger partial charge in [0.1, 0.15) is 0 Å². The zero-order chi connectivity index (χ0) is 23.4. The molecule has 1 atom stereocenters. The molecule has 0 aliphatic carbocycles. The summed E-state index contributed by atoms with van der Waals surface area (Å²) in [5, 5.41) is 9.45. The maximum atomic E-state index is 13.3. The van der Waals surface area contributed by atoms with E-state index in [1.54, 1.807) is 35.2 Å². The molecule has 0 amide bonds. The molecule has 4 rings (SSSR count). The van der Waals surface area contributed by atoms with Gasteiger partial charge in [0.2, 0.25) is 10.0 Å². The van der Waals surface area contributed by atoms with E-state index in [9.17, 15) is 13.7 Å². The molecule has 3 heterocycles. The average Bonchev–Trinajstić information content (AvgIpc) is 3.13. The molecule has 0 saturated heterocycles. The van der Waals surface area contributed by atoms with Gasteiger partial charge in [0, 0.05) is 57.0 Å². The van der Waals surface area contributed by atoms with Crippen molar-refractivity contribution in [2.75, 3.05) is 23.7 Å². The first-order valence-corrected chi connectivity index (χ1v) is 12.3. The summed E-state index contributed by atoms with van der Waals surface area (Å²) in [4.78, 5) is 10.6. The molecule has 172 valence electrons. The van der Waals surface area contributed by atoms with Crippen molar-refractivity contribution in [2.45, 2.75) is 25.6 Å². The summed E-state index contributed by atoms with van der Waals surface area (Å²) in [6, 6.07) is 11.1. The predicted octanol–water partition coefficient (Wildman–Crippen LogP) is 1.41. The van der Waals surface area contributed by atoms with E-state index in [4.69, 9.17) is 5.73 Å². The number of aromatic nitrogens is 3. The Bertz CT molecular complexity index is 1250. The van der Waals surface area contributed by atoms with Crippen LogP contribution in [-0.2, 0) is 36.6 Å². The van der Waals surface area contributed by atoms with Crippen LogP contribution in [0.5, 0.6) is 0 Å². The minimum atomic E-state index is -3.62. The van der Waals surface area contributed by atoms with E-state index in [1.807, 2.05) is 36.0 Å². The van der Waals surface area contributed by atoms with Gasteiger partial charge >= 0.3 is 0 Å². The van der Waals surface area contributed by atoms with Crippen molar-refractivity contribution in [1.29, 1.82) is 5.26 Å². The number of pyridine rings is 1. The number of hydrogen-bond donors (Lipinski definition) is 1. The van der Waals surface area contributed by atoms with Gasteiger partial charge in [-0.2, -0.15) is 9.57 Å². The largest absolute Gasteiger partial charge is 0.364 e. The Labute approximate surface area is 194 Å². The summed E-state index contributed by atoms with van der Waals surface area (Å²) in [5.74, 6) is -0.133. The van der Waals surface area contributed by atoms with Gasteiger partial charge in [0.25, 0.3) is 0 Å². The molecular formula is C23H27N7O2S. The maximum absolute atomic E-state index is 13.3. The van der Waals surface area contributed by atoms with Crippen molar-refractivity contribution in [2.24, 2.45) is 12.8 Å². The zero-order valence-electron chi connectivity index (χ0n) is 18.5. The number of hydrogen-bond acceptors (Lipinski definition) is 7. The number of aryl methyl sites for hydroxylation is 1. The van der Waals surface area contributed by atoms with Crippen LogP contribution in [0.15, 0.2) is 55.2 Å². The van der Waals surface area contributed by atoms with Crippen LogP contribution >= 0.6 is 0 Å². The molecule has 0 saturated carbocycles. The molecule has 9 nitrogen and oxygen atoms in total. The van der Waals surface area contributed by atoms with Gasteiger partial charge in [-0.25, -0.2) is 13.4 Å². The van der Waals surface area contributed by atoms with E-state index in [2.05, 4.69) is 20.9 Å². The Balaban J connectivity index is 1.80. The molecule has 0 bridgehead atoms. The van der Waals surface area contributed by atoms with E-state index in [0.717, 1.165) is 22.5 Å². The van der Waals surface area contributed by atoms with Crippen LogP contribution in [0, 0.1) is 11.3 Å². The van der Waals surface area contributed by atoms with Crippen molar-refractivity contribution in [3.05, 3.63) is 77.6 Å². The highest BCUT2D eigenvalue weighted by Crippen LogP contribution is 2.32. The van der Waals surface area contributed by atoms with Crippen molar-refractivity contribution < 1.29 is 8.42 Å². The SMILES string of the molecule is Cn1cncc1CN1C[C@@H](Cc2cccnc2)N(S(=O)(=O)CCN)Cc2cc(C#N)ccc21. The lowest BCUT2D eigenvalue weighted by atomic mass is 10.1. The topological polar surface area (TPSA) is 121 Å². The van der Waals surface area contributed by atoms with Gasteiger partial charge < -0.3 is 15.2 Å².